The van der Waals surface area contributed by atoms with Gasteiger partial charge >= 0.3 is 0 Å². The molecule has 1 heterocycles. The summed E-state index contributed by atoms with van der Waals surface area (Å²) in [6.45, 7) is 8.67. The molecule has 1 fully saturated rings. The SMILES string of the molecule is CS(=O)(=O)O.Cc1ccc(Sc2ccccc2N2CCNCC2)c(C)c1. The molecule has 7 heteroatoms. The fourth-order valence-corrected chi connectivity index (χ4v) is 3.78. The number of hydrogen-bond donors (Lipinski definition) is 2. The largest absolute Gasteiger partial charge is 0.368 e. The molecule has 1 aliphatic rings. The monoisotopic (exact) mass is 394 g/mol. The number of nitrogens with zero attached hydrogens (tertiary/aromatic N) is 1. The Morgan fingerprint density at radius 1 is 1.04 bits per heavy atom. The van der Waals surface area contributed by atoms with Gasteiger partial charge in [-0.15, -0.1) is 0 Å². The minimum Gasteiger partial charge on any atom is -0.368 e. The minimum atomic E-state index is -3.67. The molecule has 2 aromatic rings. The summed E-state index contributed by atoms with van der Waals surface area (Å²) in [5, 5.41) is 3.42. The van der Waals surface area contributed by atoms with Crippen molar-refractivity contribution in [3.63, 3.8) is 0 Å². The Morgan fingerprint density at radius 2 is 1.65 bits per heavy atom. The van der Waals surface area contributed by atoms with Gasteiger partial charge in [0.15, 0.2) is 0 Å². The van der Waals surface area contributed by atoms with Crippen LogP contribution in [0.3, 0.4) is 0 Å². The Balaban J connectivity index is 0.000000431. The lowest BCUT2D eigenvalue weighted by molar-refractivity contribution is 0.490. The quantitative estimate of drug-likeness (QED) is 0.778. The van der Waals surface area contributed by atoms with Gasteiger partial charge in [0.05, 0.1) is 11.9 Å². The standard InChI is InChI=1S/C18H22N2S.CH4O3S/c1-14-7-8-17(15(2)13-14)21-18-6-4-3-5-16(18)20-11-9-19-10-12-20;1-5(2,3)4/h3-8,13,19H,9-12H2,1-2H3;1H3,(H,2,3,4). The fourth-order valence-electron chi connectivity index (χ4n) is 2.74. The summed E-state index contributed by atoms with van der Waals surface area (Å²) in [6.07, 6.45) is 0.715. The van der Waals surface area contributed by atoms with Crippen LogP contribution in [-0.2, 0) is 10.1 Å². The van der Waals surface area contributed by atoms with Crippen LogP contribution in [0.4, 0.5) is 5.69 Å². The lowest BCUT2D eigenvalue weighted by Crippen LogP contribution is -2.43. The summed E-state index contributed by atoms with van der Waals surface area (Å²) in [4.78, 5) is 5.19. The van der Waals surface area contributed by atoms with Gasteiger partial charge in [0.1, 0.15) is 0 Å². The van der Waals surface area contributed by atoms with Crippen molar-refractivity contribution in [3.05, 3.63) is 53.6 Å². The van der Waals surface area contributed by atoms with Gasteiger partial charge in [-0.1, -0.05) is 41.6 Å². The summed E-state index contributed by atoms with van der Waals surface area (Å²) >= 11 is 1.88. The number of piperazine rings is 1. The molecule has 0 amide bonds. The highest BCUT2D eigenvalue weighted by molar-refractivity contribution is 7.99. The van der Waals surface area contributed by atoms with Crippen LogP contribution in [-0.4, -0.2) is 45.4 Å². The Bertz CT molecular complexity index is 824. The molecular formula is C19H26N2O3S2. The molecule has 2 aromatic carbocycles. The molecule has 0 unspecified atom stereocenters. The molecule has 5 nitrogen and oxygen atoms in total. The summed E-state index contributed by atoms with van der Waals surface area (Å²) < 4.78 is 25.9. The predicted octanol–water partition coefficient (Wildman–Crippen LogP) is 3.37. The second kappa shape index (κ2) is 9.41. The molecule has 1 aliphatic heterocycles. The minimum absolute atomic E-state index is 0.715. The van der Waals surface area contributed by atoms with E-state index in [2.05, 4.69) is 66.5 Å². The maximum atomic E-state index is 9.19. The highest BCUT2D eigenvalue weighted by Crippen LogP contribution is 2.37. The third-order valence-electron chi connectivity index (χ3n) is 3.87. The van der Waals surface area contributed by atoms with Gasteiger partial charge in [-0.05, 0) is 37.6 Å². The molecule has 1 saturated heterocycles. The molecule has 2 N–H and O–H groups in total. The average molecular weight is 395 g/mol. The number of para-hydroxylation sites is 1. The van der Waals surface area contributed by atoms with E-state index >= 15 is 0 Å². The van der Waals surface area contributed by atoms with E-state index in [9.17, 15) is 8.42 Å². The van der Waals surface area contributed by atoms with E-state index in [1.165, 1.54) is 26.6 Å². The highest BCUT2D eigenvalue weighted by atomic mass is 32.2. The van der Waals surface area contributed by atoms with Crippen LogP contribution in [0.2, 0.25) is 0 Å². The van der Waals surface area contributed by atoms with E-state index in [4.69, 9.17) is 4.55 Å². The molecule has 0 spiro atoms. The number of anilines is 1. The van der Waals surface area contributed by atoms with Gasteiger partial charge in [-0.3, -0.25) is 4.55 Å². The Morgan fingerprint density at radius 3 is 2.27 bits per heavy atom. The van der Waals surface area contributed by atoms with Gasteiger partial charge in [0.25, 0.3) is 10.1 Å². The van der Waals surface area contributed by atoms with Gasteiger partial charge in [0.2, 0.25) is 0 Å². The number of rotatable bonds is 3. The predicted molar refractivity (Wildman–Crippen MR) is 109 cm³/mol. The third-order valence-corrected chi connectivity index (χ3v) is 5.12. The van der Waals surface area contributed by atoms with E-state index in [1.54, 1.807) is 0 Å². The van der Waals surface area contributed by atoms with E-state index in [-0.39, 0.29) is 0 Å². The summed E-state index contributed by atoms with van der Waals surface area (Å²) in [5.74, 6) is 0. The second-order valence-electron chi connectivity index (χ2n) is 6.31. The zero-order chi connectivity index (χ0) is 19.2. The highest BCUT2D eigenvalue weighted by Gasteiger charge is 2.14. The third kappa shape index (κ3) is 6.99. The maximum Gasteiger partial charge on any atom is 0.261 e. The van der Waals surface area contributed by atoms with Gasteiger partial charge in [-0.25, -0.2) is 0 Å². The summed E-state index contributed by atoms with van der Waals surface area (Å²) in [6, 6.07) is 15.5. The van der Waals surface area contributed by atoms with Crippen molar-refractivity contribution in [2.45, 2.75) is 23.6 Å². The number of aryl methyl sites for hydroxylation is 2. The molecule has 0 radical (unpaired) electrons. The first-order chi connectivity index (χ1) is 12.2. The normalized spacial score (nSPS) is 14.5. The van der Waals surface area contributed by atoms with Crippen molar-refractivity contribution in [3.8, 4) is 0 Å². The van der Waals surface area contributed by atoms with Crippen LogP contribution in [0.5, 0.6) is 0 Å². The summed E-state index contributed by atoms with van der Waals surface area (Å²) in [7, 11) is -3.67. The molecule has 142 valence electrons. The van der Waals surface area contributed by atoms with Crippen LogP contribution in [0, 0.1) is 13.8 Å². The Labute approximate surface area is 160 Å². The van der Waals surface area contributed by atoms with Crippen LogP contribution >= 0.6 is 11.8 Å². The first-order valence-electron chi connectivity index (χ1n) is 8.46. The Hall–Kier alpha value is -1.54. The van der Waals surface area contributed by atoms with E-state index in [0.717, 1.165) is 26.2 Å². The molecule has 0 atom stereocenters. The van der Waals surface area contributed by atoms with Gasteiger partial charge in [-0.2, -0.15) is 8.42 Å². The van der Waals surface area contributed by atoms with Crippen LogP contribution < -0.4 is 10.2 Å². The second-order valence-corrected chi connectivity index (χ2v) is 8.86. The van der Waals surface area contributed by atoms with Crippen LogP contribution in [0.1, 0.15) is 11.1 Å². The zero-order valence-electron chi connectivity index (χ0n) is 15.4. The maximum absolute atomic E-state index is 9.19. The first kappa shape index (κ1) is 20.8. The van der Waals surface area contributed by atoms with E-state index < -0.39 is 10.1 Å². The topological polar surface area (TPSA) is 69.6 Å². The molecule has 3 rings (SSSR count). The fraction of sp³-hybridized carbons (Fsp3) is 0.368. The average Bonchev–Trinajstić information content (AvgIpc) is 2.57. The molecule has 0 saturated carbocycles. The lowest BCUT2D eigenvalue weighted by atomic mass is 10.2. The summed E-state index contributed by atoms with van der Waals surface area (Å²) in [5.41, 5.74) is 4.05. The zero-order valence-corrected chi connectivity index (χ0v) is 17.0. The molecule has 26 heavy (non-hydrogen) atoms. The van der Waals surface area contributed by atoms with Crippen LogP contribution in [0.25, 0.3) is 0 Å². The van der Waals surface area contributed by atoms with E-state index in [0.29, 0.717) is 6.26 Å². The molecule has 0 aromatic heterocycles. The first-order valence-corrected chi connectivity index (χ1v) is 11.1. The smallest absolute Gasteiger partial charge is 0.261 e. The van der Waals surface area contributed by atoms with Crippen molar-refractivity contribution in [2.24, 2.45) is 0 Å². The molecule has 0 bridgehead atoms. The van der Waals surface area contributed by atoms with Crippen molar-refractivity contribution in [2.75, 3.05) is 37.3 Å². The van der Waals surface area contributed by atoms with Crippen molar-refractivity contribution in [1.82, 2.24) is 5.32 Å². The number of benzene rings is 2. The van der Waals surface area contributed by atoms with Crippen molar-refractivity contribution < 1.29 is 13.0 Å². The molecular weight excluding hydrogens is 368 g/mol. The number of nitrogens with one attached hydrogen (secondary N) is 1. The van der Waals surface area contributed by atoms with E-state index in [1.807, 2.05) is 11.8 Å². The van der Waals surface area contributed by atoms with Crippen molar-refractivity contribution in [1.29, 1.82) is 0 Å². The lowest BCUT2D eigenvalue weighted by Gasteiger charge is -2.31. The number of hydrogen-bond acceptors (Lipinski definition) is 5. The van der Waals surface area contributed by atoms with Crippen LogP contribution in [0.15, 0.2) is 52.3 Å². The van der Waals surface area contributed by atoms with Gasteiger partial charge < -0.3 is 10.2 Å². The Kier molecular flexibility index (Phi) is 7.52. The molecule has 0 aliphatic carbocycles. The van der Waals surface area contributed by atoms with Gasteiger partial charge in [0, 0.05) is 36.0 Å². The van der Waals surface area contributed by atoms with Crippen molar-refractivity contribution >= 4 is 27.6 Å².